The third-order valence-electron chi connectivity index (χ3n) is 9.64. The summed E-state index contributed by atoms with van der Waals surface area (Å²) in [4.78, 5) is 34.8. The molecule has 0 bridgehead atoms. The van der Waals surface area contributed by atoms with Crippen LogP contribution in [0.5, 0.6) is 0 Å². The number of amides is 2. The summed E-state index contributed by atoms with van der Waals surface area (Å²) in [5.41, 5.74) is -0.852. The lowest BCUT2D eigenvalue weighted by Crippen LogP contribution is -2.57. The fourth-order valence-electron chi connectivity index (χ4n) is 6.24. The first kappa shape index (κ1) is 32.9. The summed E-state index contributed by atoms with van der Waals surface area (Å²) in [5, 5.41) is 5.76. The number of alkyl halides is 3. The minimum absolute atomic E-state index is 0.0108. The lowest BCUT2D eigenvalue weighted by molar-refractivity contribution is -0.137. The van der Waals surface area contributed by atoms with E-state index in [0.29, 0.717) is 17.9 Å². The Kier molecular flexibility index (Phi) is 9.61. The van der Waals surface area contributed by atoms with Gasteiger partial charge in [0, 0.05) is 18.8 Å². The molecular formula is C31H42BF3N4O4. The van der Waals surface area contributed by atoms with Gasteiger partial charge in [0.2, 0.25) is 5.91 Å². The molecule has 1 aliphatic carbocycles. The van der Waals surface area contributed by atoms with Crippen LogP contribution in [0.1, 0.15) is 82.9 Å². The van der Waals surface area contributed by atoms with Gasteiger partial charge in [-0.3, -0.25) is 14.6 Å². The smallest absolute Gasteiger partial charge is 0.404 e. The summed E-state index contributed by atoms with van der Waals surface area (Å²) >= 11 is 0. The molecule has 2 N–H and O–H groups in total. The molecule has 6 atom stereocenters. The van der Waals surface area contributed by atoms with Gasteiger partial charge in [0.25, 0.3) is 5.91 Å². The Morgan fingerprint density at radius 2 is 1.77 bits per heavy atom. The SMILES string of the molecule is CC(C)C[C@H](NC(=O)[C@H](Cc1ccc(C(F)(F)F)cc1)NC(=O)c1cnccn1)B1O[C@@H]2C[C@H](C)C(C)(C)[C@H](C)[C@]2(C)O1. The Labute approximate surface area is 252 Å². The average Bonchev–Trinajstić information content (AvgIpc) is 3.28. The van der Waals surface area contributed by atoms with E-state index in [4.69, 9.17) is 9.31 Å². The molecule has 8 nitrogen and oxygen atoms in total. The van der Waals surface area contributed by atoms with Crippen LogP contribution in [0.3, 0.4) is 0 Å². The van der Waals surface area contributed by atoms with Gasteiger partial charge in [-0.15, -0.1) is 0 Å². The highest BCUT2D eigenvalue weighted by molar-refractivity contribution is 6.47. The highest BCUT2D eigenvalue weighted by atomic mass is 19.4. The molecule has 1 saturated carbocycles. The minimum atomic E-state index is -4.49. The summed E-state index contributed by atoms with van der Waals surface area (Å²) in [6.45, 7) is 15.1. The molecule has 4 rings (SSSR count). The molecule has 1 aromatic carbocycles. The highest BCUT2D eigenvalue weighted by Gasteiger charge is 2.61. The van der Waals surface area contributed by atoms with Gasteiger partial charge in [0.1, 0.15) is 11.7 Å². The molecule has 0 spiro atoms. The number of benzene rings is 1. The van der Waals surface area contributed by atoms with E-state index >= 15 is 0 Å². The Morgan fingerprint density at radius 3 is 2.35 bits per heavy atom. The summed E-state index contributed by atoms with van der Waals surface area (Å²) in [6, 6.07) is 3.42. The lowest BCUT2D eigenvalue weighted by atomic mass is 9.57. The second-order valence-corrected chi connectivity index (χ2v) is 13.2. The maximum absolute atomic E-state index is 13.9. The number of carbonyl (C=O) groups excluding carboxylic acids is 2. The standard InChI is InChI=1S/C31H42BF3N4O4/c1-18(2)14-26(32-42-25-15-19(3)29(5,6)20(4)30(25,7)43-32)39-27(40)23(38-28(41)24-17-36-12-13-37-24)16-21-8-10-22(11-9-21)31(33,34)35/h8-13,17-20,23,25-26H,14-16H2,1-7H3,(H,38,41)(H,39,40)/t19-,20-,23-,25+,26-,30-/m0/s1. The van der Waals surface area contributed by atoms with E-state index in [1.165, 1.54) is 30.7 Å². The van der Waals surface area contributed by atoms with Crippen molar-refractivity contribution < 1.29 is 32.1 Å². The third kappa shape index (κ3) is 7.22. The molecule has 1 aliphatic heterocycles. The van der Waals surface area contributed by atoms with Crippen LogP contribution in [0.2, 0.25) is 0 Å². The first-order valence-corrected chi connectivity index (χ1v) is 14.9. The van der Waals surface area contributed by atoms with Crippen LogP contribution in [0.4, 0.5) is 13.2 Å². The zero-order valence-electron chi connectivity index (χ0n) is 25.9. The quantitative estimate of drug-likeness (QED) is 0.380. The third-order valence-corrected chi connectivity index (χ3v) is 9.64. The van der Waals surface area contributed by atoms with Crippen LogP contribution in [-0.4, -0.2) is 52.6 Å². The molecule has 2 aromatic rings. The summed E-state index contributed by atoms with van der Waals surface area (Å²) < 4.78 is 52.6. The van der Waals surface area contributed by atoms with E-state index in [1.54, 1.807) is 0 Å². The maximum atomic E-state index is 13.9. The molecule has 12 heteroatoms. The molecule has 2 aliphatic rings. The minimum Gasteiger partial charge on any atom is -0.404 e. The van der Waals surface area contributed by atoms with Crippen molar-refractivity contribution in [2.24, 2.45) is 23.2 Å². The van der Waals surface area contributed by atoms with Crippen molar-refractivity contribution in [1.29, 1.82) is 0 Å². The Balaban J connectivity index is 1.57. The van der Waals surface area contributed by atoms with Crippen molar-refractivity contribution >= 4 is 18.9 Å². The second-order valence-electron chi connectivity index (χ2n) is 13.2. The Bertz CT molecular complexity index is 1280. The Hall–Kier alpha value is -2.99. The summed E-state index contributed by atoms with van der Waals surface area (Å²) in [6.07, 6.45) is 0.768. The monoisotopic (exact) mass is 602 g/mol. The van der Waals surface area contributed by atoms with Crippen molar-refractivity contribution in [2.75, 3.05) is 0 Å². The first-order valence-electron chi connectivity index (χ1n) is 14.9. The number of fused-ring (bicyclic) bond motifs is 1. The highest BCUT2D eigenvalue weighted by Crippen LogP contribution is 2.54. The molecule has 2 amide bonds. The topological polar surface area (TPSA) is 102 Å². The van der Waals surface area contributed by atoms with Gasteiger partial charge in [-0.2, -0.15) is 13.2 Å². The van der Waals surface area contributed by atoms with Crippen LogP contribution in [0.15, 0.2) is 42.9 Å². The van der Waals surface area contributed by atoms with Gasteiger partial charge in [-0.25, -0.2) is 4.98 Å². The van der Waals surface area contributed by atoms with E-state index in [0.717, 1.165) is 18.6 Å². The number of nitrogens with zero attached hydrogens (tertiary/aromatic N) is 2. The number of aromatic nitrogens is 2. The second kappa shape index (κ2) is 12.6. The normalized spacial score (nSPS) is 26.5. The summed E-state index contributed by atoms with van der Waals surface area (Å²) in [7, 11) is -0.702. The van der Waals surface area contributed by atoms with Crippen molar-refractivity contribution in [3.8, 4) is 0 Å². The van der Waals surface area contributed by atoms with Gasteiger partial charge >= 0.3 is 13.3 Å². The predicted octanol–water partition coefficient (Wildman–Crippen LogP) is 5.27. The van der Waals surface area contributed by atoms with E-state index in [9.17, 15) is 22.8 Å². The van der Waals surface area contributed by atoms with Crippen molar-refractivity contribution in [2.45, 2.75) is 97.6 Å². The predicted molar refractivity (Wildman–Crippen MR) is 157 cm³/mol. The lowest BCUT2D eigenvalue weighted by Gasteiger charge is -2.53. The van der Waals surface area contributed by atoms with Crippen LogP contribution < -0.4 is 10.6 Å². The van der Waals surface area contributed by atoms with Gasteiger partial charge in [0.15, 0.2) is 0 Å². The number of hydrogen-bond acceptors (Lipinski definition) is 6. The van der Waals surface area contributed by atoms with Crippen molar-refractivity contribution in [1.82, 2.24) is 20.6 Å². The molecule has 2 heterocycles. The number of halogens is 3. The van der Waals surface area contributed by atoms with Gasteiger partial charge in [-0.1, -0.05) is 53.7 Å². The molecule has 0 radical (unpaired) electrons. The fourth-order valence-corrected chi connectivity index (χ4v) is 6.24. The van der Waals surface area contributed by atoms with E-state index in [-0.39, 0.29) is 35.5 Å². The molecule has 234 valence electrons. The number of nitrogens with one attached hydrogen (secondary N) is 2. The molecule has 1 aromatic heterocycles. The van der Waals surface area contributed by atoms with E-state index in [1.807, 2.05) is 13.8 Å². The molecule has 0 unspecified atom stereocenters. The molecular weight excluding hydrogens is 560 g/mol. The van der Waals surface area contributed by atoms with Crippen LogP contribution >= 0.6 is 0 Å². The number of rotatable bonds is 9. The zero-order valence-corrected chi connectivity index (χ0v) is 25.9. The number of hydrogen-bond donors (Lipinski definition) is 2. The summed E-state index contributed by atoms with van der Waals surface area (Å²) in [5.74, 6) is -0.875. The number of carbonyl (C=O) groups is 2. The van der Waals surface area contributed by atoms with Gasteiger partial charge in [0.05, 0.1) is 29.4 Å². The maximum Gasteiger partial charge on any atom is 0.481 e. The van der Waals surface area contributed by atoms with Gasteiger partial charge < -0.3 is 19.9 Å². The van der Waals surface area contributed by atoms with Crippen molar-refractivity contribution in [3.05, 3.63) is 59.7 Å². The first-order chi connectivity index (χ1) is 20.0. The largest absolute Gasteiger partial charge is 0.481 e. The van der Waals surface area contributed by atoms with E-state index < -0.39 is 48.3 Å². The Morgan fingerprint density at radius 1 is 1.09 bits per heavy atom. The molecule has 43 heavy (non-hydrogen) atoms. The van der Waals surface area contributed by atoms with Crippen LogP contribution in [-0.2, 0) is 26.7 Å². The fraction of sp³-hybridized carbons (Fsp3) is 0.613. The van der Waals surface area contributed by atoms with Crippen LogP contribution in [0, 0.1) is 23.2 Å². The molecule has 2 fully saturated rings. The molecule has 1 saturated heterocycles. The van der Waals surface area contributed by atoms with Gasteiger partial charge in [-0.05, 0) is 60.6 Å². The zero-order chi connectivity index (χ0) is 31.7. The van der Waals surface area contributed by atoms with Crippen LogP contribution in [0.25, 0.3) is 0 Å². The van der Waals surface area contributed by atoms with Crippen molar-refractivity contribution in [3.63, 3.8) is 0 Å². The van der Waals surface area contributed by atoms with E-state index in [2.05, 4.69) is 55.2 Å². The average molecular weight is 603 g/mol.